The summed E-state index contributed by atoms with van der Waals surface area (Å²) >= 11 is 0. The first kappa shape index (κ1) is 33.6. The number of nitrogens with zero attached hydrogens (tertiary/aromatic N) is 2. The van der Waals surface area contributed by atoms with Crippen molar-refractivity contribution in [3.63, 3.8) is 0 Å². The molecular weight excluding hydrogens is 592 g/mol. The standard InChI is InChI=1S/C30H38N6O5S.ClH/c1-3-41-28(38)30(2,23-12-9-17-35(20-23)29(32)33)36(24-13-5-4-6-14-24)26(27(31)37)19-34-42(39,40)25-16-15-21-10-7-8-11-22(21)18-25;/h4-8,10-11,13-16,18,23,26,34H,3,9,12,17,19-20H2,1-2H3,(H2,31,37)(H3,32,33);1H/t23?,26?,30-;/m1./s1. The molecule has 6 N–H and O–H groups in total. The Kier molecular flexibility index (Phi) is 11.0. The molecule has 1 aliphatic heterocycles. The molecule has 4 rings (SSSR count). The van der Waals surface area contributed by atoms with Gasteiger partial charge in [-0.2, -0.15) is 0 Å². The number of fused-ring (bicyclic) bond motifs is 1. The first-order valence-corrected chi connectivity index (χ1v) is 15.4. The van der Waals surface area contributed by atoms with Crippen molar-refractivity contribution in [3.05, 3.63) is 72.8 Å². The molecule has 43 heavy (non-hydrogen) atoms. The Morgan fingerprint density at radius 1 is 1.09 bits per heavy atom. The van der Waals surface area contributed by atoms with Crippen LogP contribution in [0.1, 0.15) is 26.7 Å². The number of halogens is 1. The molecule has 3 atom stereocenters. The van der Waals surface area contributed by atoms with Crippen LogP contribution >= 0.6 is 12.4 Å². The third kappa shape index (κ3) is 7.20. The van der Waals surface area contributed by atoms with Crippen molar-refractivity contribution >= 4 is 56.7 Å². The maximum atomic E-state index is 13.9. The number of nitrogens with two attached hydrogens (primary N) is 2. The topological polar surface area (TPSA) is 172 Å². The Morgan fingerprint density at radius 3 is 2.37 bits per heavy atom. The molecule has 0 saturated carbocycles. The summed E-state index contributed by atoms with van der Waals surface area (Å²) in [5.74, 6) is -1.97. The first-order valence-electron chi connectivity index (χ1n) is 13.9. The van der Waals surface area contributed by atoms with E-state index < -0.39 is 45.9 Å². The molecule has 11 nitrogen and oxygen atoms in total. The molecule has 0 aromatic heterocycles. The SMILES string of the molecule is CCOC(=O)[C@@](C)(C1CCCN(C(=N)N)C1)N(c1ccccc1)C(CNS(=O)(=O)c1ccc2ccccc2c1)C(N)=O.Cl. The number of likely N-dealkylation sites (tertiary alicyclic amines) is 1. The molecule has 0 aliphatic carbocycles. The number of amides is 1. The Balaban J connectivity index is 0.00000506. The predicted octanol–water partition coefficient (Wildman–Crippen LogP) is 2.83. The van der Waals surface area contributed by atoms with E-state index in [1.165, 1.54) is 6.07 Å². The van der Waals surface area contributed by atoms with E-state index in [1.807, 2.05) is 24.3 Å². The van der Waals surface area contributed by atoms with Gasteiger partial charge in [0.15, 0.2) is 5.96 Å². The van der Waals surface area contributed by atoms with Crippen LogP contribution in [0.15, 0.2) is 77.7 Å². The number of carbonyl (C=O) groups excluding carboxylic acids is 2. The summed E-state index contributed by atoms with van der Waals surface area (Å²) in [5, 5.41) is 9.62. The number of carbonyl (C=O) groups is 2. The second kappa shape index (κ2) is 14.1. The molecule has 0 radical (unpaired) electrons. The van der Waals surface area contributed by atoms with Crippen molar-refractivity contribution in [2.45, 2.75) is 43.2 Å². The molecule has 0 bridgehead atoms. The molecule has 3 aromatic rings. The molecule has 1 fully saturated rings. The molecule has 2 unspecified atom stereocenters. The lowest BCUT2D eigenvalue weighted by atomic mass is 9.77. The van der Waals surface area contributed by atoms with Crippen molar-refractivity contribution in [1.29, 1.82) is 5.41 Å². The minimum Gasteiger partial charge on any atom is -0.464 e. The van der Waals surface area contributed by atoms with Crippen molar-refractivity contribution in [3.8, 4) is 0 Å². The fourth-order valence-corrected chi connectivity index (χ4v) is 6.75. The summed E-state index contributed by atoms with van der Waals surface area (Å²) in [6.45, 7) is 3.88. The monoisotopic (exact) mass is 630 g/mol. The second-order valence-electron chi connectivity index (χ2n) is 10.5. The summed E-state index contributed by atoms with van der Waals surface area (Å²) in [4.78, 5) is 30.3. The lowest BCUT2D eigenvalue weighted by Gasteiger charge is -2.50. The van der Waals surface area contributed by atoms with Crippen LogP contribution in [0.5, 0.6) is 0 Å². The summed E-state index contributed by atoms with van der Waals surface area (Å²) in [5.41, 5.74) is 10.8. The van der Waals surface area contributed by atoms with Gasteiger partial charge in [-0.05, 0) is 61.7 Å². The highest BCUT2D eigenvalue weighted by molar-refractivity contribution is 7.89. The lowest BCUT2D eigenvalue weighted by molar-refractivity contribution is -0.152. The van der Waals surface area contributed by atoms with Crippen molar-refractivity contribution < 1.29 is 22.7 Å². The fraction of sp³-hybridized carbons (Fsp3) is 0.367. The van der Waals surface area contributed by atoms with Crippen LogP contribution in [0.25, 0.3) is 10.8 Å². The van der Waals surface area contributed by atoms with Gasteiger partial charge in [-0.3, -0.25) is 10.2 Å². The number of piperidine rings is 1. The number of benzene rings is 3. The van der Waals surface area contributed by atoms with Crippen LogP contribution in [0, 0.1) is 11.3 Å². The van der Waals surface area contributed by atoms with Crippen LogP contribution in [-0.2, 0) is 24.3 Å². The highest BCUT2D eigenvalue weighted by Crippen LogP contribution is 2.38. The largest absolute Gasteiger partial charge is 0.464 e. The van der Waals surface area contributed by atoms with Gasteiger partial charge in [0.1, 0.15) is 11.6 Å². The molecule has 1 aliphatic rings. The zero-order chi connectivity index (χ0) is 30.5. The van der Waals surface area contributed by atoms with E-state index in [2.05, 4.69) is 4.72 Å². The van der Waals surface area contributed by atoms with Crippen molar-refractivity contribution in [2.75, 3.05) is 31.1 Å². The third-order valence-corrected chi connectivity index (χ3v) is 9.34. The average molecular weight is 631 g/mol. The molecule has 1 amide bonds. The fourth-order valence-electron chi connectivity index (χ4n) is 5.68. The van der Waals surface area contributed by atoms with Gasteiger partial charge in [-0.1, -0.05) is 48.5 Å². The molecule has 1 saturated heterocycles. The van der Waals surface area contributed by atoms with E-state index in [1.54, 1.807) is 66.1 Å². The van der Waals surface area contributed by atoms with E-state index in [-0.39, 0.29) is 36.4 Å². The Labute approximate surface area is 258 Å². The normalized spacial score (nSPS) is 17.3. The number of hydrogen-bond acceptors (Lipinski definition) is 7. The molecule has 1 heterocycles. The number of primary amides is 1. The van der Waals surface area contributed by atoms with Gasteiger partial charge >= 0.3 is 5.97 Å². The maximum Gasteiger partial charge on any atom is 0.332 e. The van der Waals surface area contributed by atoms with Gasteiger partial charge in [-0.25, -0.2) is 17.9 Å². The summed E-state index contributed by atoms with van der Waals surface area (Å²) in [6.07, 6.45) is 1.23. The smallest absolute Gasteiger partial charge is 0.332 e. The Morgan fingerprint density at radius 2 is 1.74 bits per heavy atom. The maximum absolute atomic E-state index is 13.9. The summed E-state index contributed by atoms with van der Waals surface area (Å²) in [7, 11) is -4.07. The Hall–Kier alpha value is -3.87. The van der Waals surface area contributed by atoms with E-state index >= 15 is 0 Å². The number of anilines is 1. The van der Waals surface area contributed by atoms with E-state index in [4.69, 9.17) is 21.6 Å². The first-order chi connectivity index (χ1) is 20.0. The Bertz CT molecular complexity index is 1560. The number of rotatable bonds is 11. The number of para-hydroxylation sites is 1. The number of hydrogen-bond donors (Lipinski definition) is 4. The molecular formula is C30H39ClN6O5S. The van der Waals surface area contributed by atoms with Gasteiger partial charge in [0.2, 0.25) is 15.9 Å². The minimum atomic E-state index is -4.07. The summed E-state index contributed by atoms with van der Waals surface area (Å²) in [6, 6.07) is 19.7. The number of esters is 1. The highest BCUT2D eigenvalue weighted by Gasteiger charge is 2.52. The lowest BCUT2D eigenvalue weighted by Crippen LogP contribution is -2.68. The van der Waals surface area contributed by atoms with E-state index in [0.717, 1.165) is 10.8 Å². The number of sulfonamides is 1. The molecule has 232 valence electrons. The quantitative estimate of drug-likeness (QED) is 0.142. The van der Waals surface area contributed by atoms with Crippen LogP contribution in [0.4, 0.5) is 5.69 Å². The van der Waals surface area contributed by atoms with Crippen LogP contribution in [-0.4, -0.2) is 69.0 Å². The molecule has 0 spiro atoms. The average Bonchev–Trinajstić information content (AvgIpc) is 2.99. The third-order valence-electron chi connectivity index (χ3n) is 7.92. The second-order valence-corrected chi connectivity index (χ2v) is 12.3. The number of ether oxygens (including phenoxy) is 1. The predicted molar refractivity (Wildman–Crippen MR) is 170 cm³/mol. The van der Waals surface area contributed by atoms with Gasteiger partial charge in [-0.15, -0.1) is 12.4 Å². The highest BCUT2D eigenvalue weighted by atomic mass is 35.5. The summed E-state index contributed by atoms with van der Waals surface area (Å²) < 4.78 is 35.0. The number of nitrogens with one attached hydrogen (secondary N) is 2. The van der Waals surface area contributed by atoms with Gasteiger partial charge in [0.05, 0.1) is 11.5 Å². The van der Waals surface area contributed by atoms with Gasteiger partial charge in [0.25, 0.3) is 0 Å². The van der Waals surface area contributed by atoms with Crippen molar-refractivity contribution in [1.82, 2.24) is 9.62 Å². The van der Waals surface area contributed by atoms with Crippen LogP contribution < -0.4 is 21.1 Å². The zero-order valence-corrected chi connectivity index (χ0v) is 25.9. The number of guanidine groups is 1. The van der Waals surface area contributed by atoms with Gasteiger partial charge in [0, 0.05) is 31.2 Å². The molecule has 3 aromatic carbocycles. The van der Waals surface area contributed by atoms with E-state index in [0.29, 0.717) is 25.1 Å². The van der Waals surface area contributed by atoms with Crippen molar-refractivity contribution in [2.24, 2.45) is 17.4 Å². The van der Waals surface area contributed by atoms with E-state index in [9.17, 15) is 18.0 Å². The minimum absolute atomic E-state index is 0. The zero-order valence-electron chi connectivity index (χ0n) is 24.2. The van der Waals surface area contributed by atoms with Crippen LogP contribution in [0.3, 0.4) is 0 Å². The van der Waals surface area contributed by atoms with Crippen LogP contribution in [0.2, 0.25) is 0 Å². The van der Waals surface area contributed by atoms with Gasteiger partial charge < -0.3 is 26.0 Å². The molecule has 13 heteroatoms.